The summed E-state index contributed by atoms with van der Waals surface area (Å²) in [6.07, 6.45) is 0. The van der Waals surface area contributed by atoms with Crippen molar-refractivity contribution in [3.05, 3.63) is 84.4 Å². The van der Waals surface area contributed by atoms with Crippen molar-refractivity contribution in [2.45, 2.75) is 6.92 Å². The summed E-state index contributed by atoms with van der Waals surface area (Å²) in [7, 11) is 1.69. The first-order chi connectivity index (χ1) is 12.3. The largest absolute Gasteiger partial charge is 0.497 e. The van der Waals surface area contributed by atoms with E-state index in [-0.39, 0.29) is 0 Å². The highest BCUT2D eigenvalue weighted by molar-refractivity contribution is 5.97. The van der Waals surface area contributed by atoms with Crippen molar-refractivity contribution in [1.29, 1.82) is 0 Å². The predicted molar refractivity (Wildman–Crippen MR) is 104 cm³/mol. The quantitative estimate of drug-likeness (QED) is 0.469. The number of aromatic nitrogens is 1. The van der Waals surface area contributed by atoms with E-state index < -0.39 is 0 Å². The van der Waals surface area contributed by atoms with Crippen molar-refractivity contribution >= 4 is 10.9 Å². The van der Waals surface area contributed by atoms with Crippen LogP contribution in [0, 0.1) is 6.92 Å². The summed E-state index contributed by atoms with van der Waals surface area (Å²) >= 11 is 0. The fourth-order valence-electron chi connectivity index (χ4n) is 3.19. The Kier molecular flexibility index (Phi) is 3.95. The average Bonchev–Trinajstić information content (AvgIpc) is 2.68. The van der Waals surface area contributed by atoms with E-state index in [0.29, 0.717) is 0 Å². The summed E-state index contributed by atoms with van der Waals surface area (Å²) in [6.45, 7) is 2.12. The Bertz CT molecular complexity index is 1040. The Morgan fingerprint density at radius 3 is 2.28 bits per heavy atom. The van der Waals surface area contributed by atoms with Crippen LogP contribution in [-0.2, 0) is 0 Å². The molecule has 1 heterocycles. The molecular formula is C23H19NO. The number of pyridine rings is 1. The Balaban J connectivity index is 2.03. The highest BCUT2D eigenvalue weighted by Gasteiger charge is 2.11. The van der Waals surface area contributed by atoms with Crippen LogP contribution in [0.5, 0.6) is 5.75 Å². The molecule has 0 bridgehead atoms. The van der Waals surface area contributed by atoms with Crippen LogP contribution < -0.4 is 4.74 Å². The standard InChI is InChI=1S/C23H19NO/c1-16-8-6-7-11-19(16)23-15-20(17-9-4-3-5-10-17)21-14-18(25-2)12-13-22(21)24-23/h3-15H,1-2H3. The number of hydrogen-bond donors (Lipinski definition) is 0. The second-order valence-corrected chi connectivity index (χ2v) is 6.12. The van der Waals surface area contributed by atoms with Crippen LogP contribution in [0.2, 0.25) is 0 Å². The van der Waals surface area contributed by atoms with Crippen LogP contribution in [0.15, 0.2) is 78.9 Å². The van der Waals surface area contributed by atoms with Crippen molar-refractivity contribution in [2.24, 2.45) is 0 Å². The minimum absolute atomic E-state index is 0.843. The first kappa shape index (κ1) is 15.4. The maximum absolute atomic E-state index is 5.42. The summed E-state index contributed by atoms with van der Waals surface area (Å²) in [5.41, 5.74) is 6.70. The molecule has 0 fully saturated rings. The Morgan fingerprint density at radius 2 is 1.52 bits per heavy atom. The minimum Gasteiger partial charge on any atom is -0.497 e. The monoisotopic (exact) mass is 325 g/mol. The van der Waals surface area contributed by atoms with Crippen LogP contribution in [-0.4, -0.2) is 12.1 Å². The lowest BCUT2D eigenvalue weighted by Gasteiger charge is -2.13. The number of fused-ring (bicyclic) bond motifs is 1. The first-order valence-electron chi connectivity index (χ1n) is 8.36. The van der Waals surface area contributed by atoms with Gasteiger partial charge in [0.15, 0.2) is 0 Å². The highest BCUT2D eigenvalue weighted by Crippen LogP contribution is 2.34. The molecule has 4 rings (SSSR count). The third kappa shape index (κ3) is 2.87. The van der Waals surface area contributed by atoms with Gasteiger partial charge in [-0.05, 0) is 47.9 Å². The number of hydrogen-bond acceptors (Lipinski definition) is 2. The van der Waals surface area contributed by atoms with Crippen LogP contribution in [0.4, 0.5) is 0 Å². The van der Waals surface area contributed by atoms with Gasteiger partial charge in [0.05, 0.1) is 18.3 Å². The van der Waals surface area contributed by atoms with E-state index >= 15 is 0 Å². The fraction of sp³-hybridized carbons (Fsp3) is 0.0870. The molecule has 122 valence electrons. The van der Waals surface area contributed by atoms with E-state index in [1.54, 1.807) is 7.11 Å². The van der Waals surface area contributed by atoms with E-state index in [4.69, 9.17) is 9.72 Å². The van der Waals surface area contributed by atoms with Gasteiger partial charge in [-0.2, -0.15) is 0 Å². The maximum Gasteiger partial charge on any atom is 0.119 e. The summed E-state index contributed by atoms with van der Waals surface area (Å²) in [6, 6.07) is 27.0. The fourth-order valence-corrected chi connectivity index (χ4v) is 3.19. The van der Waals surface area contributed by atoms with Crippen molar-refractivity contribution in [2.75, 3.05) is 7.11 Å². The molecule has 0 saturated heterocycles. The van der Waals surface area contributed by atoms with Gasteiger partial charge in [0.1, 0.15) is 5.75 Å². The molecule has 0 amide bonds. The molecule has 0 unspecified atom stereocenters. The van der Waals surface area contributed by atoms with E-state index in [0.717, 1.165) is 27.9 Å². The number of benzene rings is 3. The molecule has 0 atom stereocenters. The number of nitrogens with zero attached hydrogens (tertiary/aromatic N) is 1. The molecule has 0 aliphatic rings. The van der Waals surface area contributed by atoms with Gasteiger partial charge < -0.3 is 4.74 Å². The zero-order chi connectivity index (χ0) is 17.2. The van der Waals surface area contributed by atoms with E-state index in [2.05, 4.69) is 67.6 Å². The van der Waals surface area contributed by atoms with Crippen molar-refractivity contribution in [3.8, 4) is 28.1 Å². The molecule has 0 N–H and O–H groups in total. The Hall–Kier alpha value is -3.13. The van der Waals surface area contributed by atoms with Gasteiger partial charge in [-0.25, -0.2) is 4.98 Å². The molecule has 0 radical (unpaired) electrons. The lowest BCUT2D eigenvalue weighted by atomic mass is 9.97. The number of rotatable bonds is 3. The van der Waals surface area contributed by atoms with Gasteiger partial charge in [-0.15, -0.1) is 0 Å². The zero-order valence-electron chi connectivity index (χ0n) is 14.4. The third-order valence-corrected chi connectivity index (χ3v) is 4.52. The second kappa shape index (κ2) is 6.40. The maximum atomic E-state index is 5.42. The SMILES string of the molecule is COc1ccc2nc(-c3ccccc3C)cc(-c3ccccc3)c2c1. The molecule has 2 nitrogen and oxygen atoms in total. The molecule has 3 aromatic carbocycles. The van der Waals surface area contributed by atoms with Crippen molar-refractivity contribution in [1.82, 2.24) is 4.98 Å². The highest BCUT2D eigenvalue weighted by atomic mass is 16.5. The molecule has 2 heteroatoms. The van der Waals surface area contributed by atoms with Gasteiger partial charge in [-0.1, -0.05) is 54.6 Å². The summed E-state index contributed by atoms with van der Waals surface area (Å²) in [4.78, 5) is 4.91. The second-order valence-electron chi connectivity index (χ2n) is 6.12. The van der Waals surface area contributed by atoms with Gasteiger partial charge in [0.2, 0.25) is 0 Å². The molecule has 1 aromatic heterocycles. The van der Waals surface area contributed by atoms with E-state index in [9.17, 15) is 0 Å². The van der Waals surface area contributed by atoms with Crippen LogP contribution >= 0.6 is 0 Å². The summed E-state index contributed by atoms with van der Waals surface area (Å²) < 4.78 is 5.42. The molecular weight excluding hydrogens is 306 g/mol. The predicted octanol–water partition coefficient (Wildman–Crippen LogP) is 5.89. The summed E-state index contributed by atoms with van der Waals surface area (Å²) in [5, 5.41) is 1.10. The molecule has 4 aromatic rings. The van der Waals surface area contributed by atoms with E-state index in [1.807, 2.05) is 18.2 Å². The Labute approximate surface area is 147 Å². The van der Waals surface area contributed by atoms with Crippen LogP contribution in [0.25, 0.3) is 33.3 Å². The molecule has 25 heavy (non-hydrogen) atoms. The number of ether oxygens (including phenoxy) is 1. The van der Waals surface area contributed by atoms with E-state index in [1.165, 1.54) is 16.7 Å². The third-order valence-electron chi connectivity index (χ3n) is 4.52. The zero-order valence-corrected chi connectivity index (χ0v) is 14.4. The van der Waals surface area contributed by atoms with Gasteiger partial charge in [0, 0.05) is 10.9 Å². The Morgan fingerprint density at radius 1 is 0.760 bits per heavy atom. The average molecular weight is 325 g/mol. The molecule has 0 aliphatic carbocycles. The van der Waals surface area contributed by atoms with Crippen molar-refractivity contribution in [3.63, 3.8) is 0 Å². The lowest BCUT2D eigenvalue weighted by Crippen LogP contribution is -1.92. The molecule has 0 spiro atoms. The lowest BCUT2D eigenvalue weighted by molar-refractivity contribution is 0.415. The molecule has 0 aliphatic heterocycles. The summed E-state index contributed by atoms with van der Waals surface area (Å²) in [5.74, 6) is 0.843. The topological polar surface area (TPSA) is 22.1 Å². The normalized spacial score (nSPS) is 10.8. The first-order valence-corrected chi connectivity index (χ1v) is 8.36. The van der Waals surface area contributed by atoms with Crippen LogP contribution in [0.1, 0.15) is 5.56 Å². The smallest absolute Gasteiger partial charge is 0.119 e. The van der Waals surface area contributed by atoms with Crippen molar-refractivity contribution < 1.29 is 4.74 Å². The number of aryl methyl sites for hydroxylation is 1. The number of methoxy groups -OCH3 is 1. The van der Waals surface area contributed by atoms with Gasteiger partial charge >= 0.3 is 0 Å². The van der Waals surface area contributed by atoms with Crippen LogP contribution in [0.3, 0.4) is 0 Å². The minimum atomic E-state index is 0.843. The van der Waals surface area contributed by atoms with Gasteiger partial charge in [0.25, 0.3) is 0 Å². The molecule has 0 saturated carbocycles. The van der Waals surface area contributed by atoms with Gasteiger partial charge in [-0.3, -0.25) is 0 Å².